The van der Waals surface area contributed by atoms with Crippen LogP contribution in [0.15, 0.2) is 29.2 Å². The minimum absolute atomic E-state index is 0.123. The molecule has 0 fully saturated rings. The van der Waals surface area contributed by atoms with Gasteiger partial charge in [0.25, 0.3) is 0 Å². The van der Waals surface area contributed by atoms with E-state index in [1.54, 1.807) is 13.8 Å². The van der Waals surface area contributed by atoms with Crippen molar-refractivity contribution < 1.29 is 18.7 Å². The van der Waals surface area contributed by atoms with Gasteiger partial charge in [0, 0.05) is 17.8 Å². The first-order valence-corrected chi connectivity index (χ1v) is 6.14. The second kappa shape index (κ2) is 5.43. The second-order valence-corrected chi connectivity index (χ2v) is 4.77. The predicted octanol–water partition coefficient (Wildman–Crippen LogP) is 2.33. The third-order valence-corrected chi connectivity index (χ3v) is 2.94. The van der Waals surface area contributed by atoms with E-state index in [9.17, 15) is 18.4 Å². The number of halogens is 2. The second-order valence-electron chi connectivity index (χ2n) is 4.77. The molecule has 0 atom stereocenters. The van der Waals surface area contributed by atoms with Gasteiger partial charge in [0.15, 0.2) is 11.6 Å². The molecule has 0 spiro atoms. The van der Waals surface area contributed by atoms with Crippen LogP contribution < -0.4 is 5.43 Å². The molecule has 0 saturated heterocycles. The van der Waals surface area contributed by atoms with E-state index in [-0.39, 0.29) is 17.2 Å². The van der Waals surface area contributed by atoms with E-state index in [1.165, 1.54) is 12.3 Å². The average molecular weight is 294 g/mol. The van der Waals surface area contributed by atoms with Crippen LogP contribution in [0.5, 0.6) is 0 Å². The molecule has 1 aromatic carbocycles. The fourth-order valence-electron chi connectivity index (χ4n) is 1.82. The molecule has 1 aromatic heterocycles. The van der Waals surface area contributed by atoms with Crippen molar-refractivity contribution in [3.05, 3.63) is 57.5 Å². The number of carboxylic acid groups (broad SMARTS) is 1. The highest BCUT2D eigenvalue weighted by atomic mass is 19.2. The van der Waals surface area contributed by atoms with Gasteiger partial charge in [-0.05, 0) is 18.1 Å². The zero-order chi connectivity index (χ0) is 15.7. The zero-order valence-electron chi connectivity index (χ0n) is 11.3. The van der Waals surface area contributed by atoms with Crippen molar-refractivity contribution in [3.63, 3.8) is 0 Å². The summed E-state index contributed by atoms with van der Waals surface area (Å²) < 4.78 is 27.3. The molecule has 110 valence electrons. The molecule has 0 saturated carbocycles. The lowest BCUT2D eigenvalue weighted by molar-refractivity contribution is 0.0686. The Bertz CT molecular complexity index is 769. The standard InChI is InChI=1S/C14H12F2N2O3/c1-7(2)9-6-18(17-12(13(9)19)14(20)21)8-3-4-10(15)11(16)5-8/h3-7H,1-2H3,(H,20,21). The summed E-state index contributed by atoms with van der Waals surface area (Å²) in [6, 6.07) is 3.02. The van der Waals surface area contributed by atoms with Crippen molar-refractivity contribution in [3.8, 4) is 5.69 Å². The largest absolute Gasteiger partial charge is 0.476 e. The Morgan fingerprint density at radius 3 is 2.48 bits per heavy atom. The van der Waals surface area contributed by atoms with Gasteiger partial charge in [0.05, 0.1) is 5.69 Å². The van der Waals surface area contributed by atoms with E-state index in [4.69, 9.17) is 5.11 Å². The van der Waals surface area contributed by atoms with Gasteiger partial charge in [-0.25, -0.2) is 18.3 Å². The van der Waals surface area contributed by atoms with Crippen LogP contribution in [0.3, 0.4) is 0 Å². The Hall–Kier alpha value is -2.57. The molecule has 0 unspecified atom stereocenters. The summed E-state index contributed by atoms with van der Waals surface area (Å²) in [7, 11) is 0. The summed E-state index contributed by atoms with van der Waals surface area (Å²) in [4.78, 5) is 23.1. The quantitative estimate of drug-likeness (QED) is 0.943. The maximum absolute atomic E-state index is 13.3. The lowest BCUT2D eigenvalue weighted by Crippen LogP contribution is -2.25. The summed E-state index contributed by atoms with van der Waals surface area (Å²) in [5, 5.41) is 12.7. The van der Waals surface area contributed by atoms with Crippen molar-refractivity contribution in [1.82, 2.24) is 9.78 Å². The van der Waals surface area contributed by atoms with E-state index in [2.05, 4.69) is 5.10 Å². The third-order valence-electron chi connectivity index (χ3n) is 2.94. The SMILES string of the molecule is CC(C)c1cn(-c2ccc(F)c(F)c2)nc(C(=O)O)c1=O. The minimum atomic E-state index is -1.47. The Morgan fingerprint density at radius 1 is 1.29 bits per heavy atom. The third kappa shape index (κ3) is 2.81. The molecule has 5 nitrogen and oxygen atoms in total. The fourth-order valence-corrected chi connectivity index (χ4v) is 1.82. The monoisotopic (exact) mass is 294 g/mol. The number of benzene rings is 1. The van der Waals surface area contributed by atoms with Gasteiger partial charge >= 0.3 is 5.97 Å². The average Bonchev–Trinajstić information content (AvgIpc) is 2.41. The van der Waals surface area contributed by atoms with Crippen molar-refractivity contribution in [2.24, 2.45) is 0 Å². The van der Waals surface area contributed by atoms with E-state index in [0.717, 1.165) is 16.8 Å². The lowest BCUT2D eigenvalue weighted by atomic mass is 10.0. The molecule has 21 heavy (non-hydrogen) atoms. The van der Waals surface area contributed by atoms with Crippen LogP contribution in [0.1, 0.15) is 35.8 Å². The van der Waals surface area contributed by atoms with E-state index in [0.29, 0.717) is 0 Å². The van der Waals surface area contributed by atoms with Crippen molar-refractivity contribution in [1.29, 1.82) is 0 Å². The fraction of sp³-hybridized carbons (Fsp3) is 0.214. The normalized spacial score (nSPS) is 10.9. The topological polar surface area (TPSA) is 72.2 Å². The Balaban J connectivity index is 2.71. The van der Waals surface area contributed by atoms with Crippen molar-refractivity contribution in [2.45, 2.75) is 19.8 Å². The van der Waals surface area contributed by atoms with E-state index < -0.39 is 28.7 Å². The number of hydrogen-bond acceptors (Lipinski definition) is 3. The molecule has 1 heterocycles. The van der Waals surface area contributed by atoms with Gasteiger partial charge in [-0.3, -0.25) is 4.79 Å². The zero-order valence-corrected chi connectivity index (χ0v) is 11.3. The number of nitrogens with zero attached hydrogens (tertiary/aromatic N) is 2. The predicted molar refractivity (Wildman–Crippen MR) is 70.8 cm³/mol. The molecule has 0 aliphatic carbocycles. The van der Waals surface area contributed by atoms with Crippen LogP contribution in [-0.2, 0) is 0 Å². The molecular formula is C14H12F2N2O3. The first-order chi connectivity index (χ1) is 9.81. The minimum Gasteiger partial charge on any atom is -0.476 e. The van der Waals surface area contributed by atoms with Crippen LogP contribution in [0.25, 0.3) is 5.69 Å². The van der Waals surface area contributed by atoms with Crippen molar-refractivity contribution in [2.75, 3.05) is 0 Å². The molecule has 0 aliphatic heterocycles. The number of carboxylic acids is 1. The Labute approximate surface area is 118 Å². The first-order valence-electron chi connectivity index (χ1n) is 6.14. The number of aromatic nitrogens is 2. The van der Waals surface area contributed by atoms with Crippen LogP contribution >= 0.6 is 0 Å². The number of carbonyl (C=O) groups is 1. The van der Waals surface area contributed by atoms with E-state index in [1.807, 2.05) is 0 Å². The van der Waals surface area contributed by atoms with Gasteiger partial charge in [0.1, 0.15) is 0 Å². The van der Waals surface area contributed by atoms with Crippen molar-refractivity contribution >= 4 is 5.97 Å². The van der Waals surface area contributed by atoms with Crippen LogP contribution in [0, 0.1) is 11.6 Å². The van der Waals surface area contributed by atoms with Crippen LogP contribution in [0.2, 0.25) is 0 Å². The van der Waals surface area contributed by atoms with Gasteiger partial charge < -0.3 is 5.11 Å². The summed E-state index contributed by atoms with van der Waals surface area (Å²) in [6.07, 6.45) is 1.33. The highest BCUT2D eigenvalue weighted by Crippen LogP contribution is 2.15. The summed E-state index contributed by atoms with van der Waals surface area (Å²) in [5.41, 5.74) is -0.993. The molecule has 7 heteroatoms. The van der Waals surface area contributed by atoms with Crippen LogP contribution in [-0.4, -0.2) is 20.9 Å². The molecular weight excluding hydrogens is 282 g/mol. The Kier molecular flexibility index (Phi) is 3.84. The summed E-state index contributed by atoms with van der Waals surface area (Å²) in [6.45, 7) is 3.44. The molecule has 2 rings (SSSR count). The molecule has 1 N–H and O–H groups in total. The highest BCUT2D eigenvalue weighted by molar-refractivity contribution is 5.85. The number of rotatable bonds is 3. The molecule has 2 aromatic rings. The smallest absolute Gasteiger partial charge is 0.360 e. The maximum atomic E-state index is 13.3. The van der Waals surface area contributed by atoms with Crippen LogP contribution in [0.4, 0.5) is 8.78 Å². The molecule has 0 aliphatic rings. The number of hydrogen-bond donors (Lipinski definition) is 1. The molecule has 0 radical (unpaired) electrons. The van der Waals surface area contributed by atoms with Gasteiger partial charge in [0.2, 0.25) is 11.1 Å². The molecule has 0 bridgehead atoms. The number of aromatic carboxylic acids is 1. The van der Waals surface area contributed by atoms with Gasteiger partial charge in [-0.15, -0.1) is 0 Å². The summed E-state index contributed by atoms with van der Waals surface area (Å²) in [5.74, 6) is -3.83. The highest BCUT2D eigenvalue weighted by Gasteiger charge is 2.18. The maximum Gasteiger partial charge on any atom is 0.360 e. The first kappa shape index (κ1) is 14.8. The lowest BCUT2D eigenvalue weighted by Gasteiger charge is -2.11. The Morgan fingerprint density at radius 2 is 1.95 bits per heavy atom. The van der Waals surface area contributed by atoms with Gasteiger partial charge in [-0.1, -0.05) is 13.8 Å². The summed E-state index contributed by atoms with van der Waals surface area (Å²) >= 11 is 0. The van der Waals surface area contributed by atoms with Gasteiger partial charge in [-0.2, -0.15) is 5.10 Å². The van der Waals surface area contributed by atoms with E-state index >= 15 is 0 Å². The molecule has 0 amide bonds.